The summed E-state index contributed by atoms with van der Waals surface area (Å²) in [6.07, 6.45) is 1.81. The maximum atomic E-state index is 10.6. The van der Waals surface area contributed by atoms with Gasteiger partial charge in [-0.05, 0) is 30.3 Å². The average molecular weight is 312 g/mol. The number of hydrogen-bond acceptors (Lipinski definition) is 6. The second-order valence-electron chi connectivity index (χ2n) is 4.82. The molecule has 118 valence electrons. The van der Waals surface area contributed by atoms with E-state index in [9.17, 15) is 15.2 Å². The van der Waals surface area contributed by atoms with Gasteiger partial charge in [0.2, 0.25) is 0 Å². The van der Waals surface area contributed by atoms with Crippen molar-refractivity contribution >= 4 is 22.7 Å². The van der Waals surface area contributed by atoms with Gasteiger partial charge in [-0.3, -0.25) is 10.1 Å². The molecular formula is C16H16N4O3. The van der Waals surface area contributed by atoms with Crippen LogP contribution in [-0.4, -0.2) is 23.6 Å². The van der Waals surface area contributed by atoms with Crippen molar-refractivity contribution in [3.8, 4) is 5.75 Å². The third kappa shape index (κ3) is 4.13. The highest BCUT2D eigenvalue weighted by atomic mass is 16.6. The summed E-state index contributed by atoms with van der Waals surface area (Å²) in [5.41, 5.74) is 1.63. The summed E-state index contributed by atoms with van der Waals surface area (Å²) < 4.78 is 0. The lowest BCUT2D eigenvalue weighted by Gasteiger charge is -2.16. The standard InChI is InChI=1S/C16H16N4O3/c1-3-10-19(2)14-7-4-12(5-8-14)17-18-13-6-9-15(20(22)23)16(21)11-13/h3-9,11,21H,1,10H2,2H3. The van der Waals surface area contributed by atoms with Crippen LogP contribution in [0.2, 0.25) is 0 Å². The van der Waals surface area contributed by atoms with Crippen molar-refractivity contribution in [2.24, 2.45) is 10.2 Å². The Morgan fingerprint density at radius 2 is 1.83 bits per heavy atom. The summed E-state index contributed by atoms with van der Waals surface area (Å²) in [4.78, 5) is 12.0. The molecule has 2 rings (SSSR count). The van der Waals surface area contributed by atoms with E-state index in [4.69, 9.17) is 0 Å². The molecule has 0 amide bonds. The minimum atomic E-state index is -0.658. The fourth-order valence-corrected chi connectivity index (χ4v) is 1.92. The average Bonchev–Trinajstić information content (AvgIpc) is 2.53. The number of benzene rings is 2. The smallest absolute Gasteiger partial charge is 0.310 e. The SMILES string of the molecule is C=CCN(C)c1ccc(N=Nc2ccc([N+](=O)[O-])c(O)c2)cc1. The van der Waals surface area contributed by atoms with Gasteiger partial charge in [-0.15, -0.1) is 6.58 Å². The Labute approximate surface area is 133 Å². The van der Waals surface area contributed by atoms with Crippen molar-refractivity contribution in [1.29, 1.82) is 0 Å². The summed E-state index contributed by atoms with van der Waals surface area (Å²) in [5, 5.41) is 28.2. The van der Waals surface area contributed by atoms with E-state index in [2.05, 4.69) is 16.8 Å². The number of anilines is 1. The molecule has 7 nitrogen and oxygen atoms in total. The van der Waals surface area contributed by atoms with Gasteiger partial charge in [0.25, 0.3) is 0 Å². The monoisotopic (exact) mass is 312 g/mol. The van der Waals surface area contributed by atoms with E-state index < -0.39 is 10.7 Å². The molecule has 7 heteroatoms. The second-order valence-corrected chi connectivity index (χ2v) is 4.82. The molecule has 0 spiro atoms. The summed E-state index contributed by atoms with van der Waals surface area (Å²) in [6, 6.07) is 11.3. The molecule has 0 saturated carbocycles. The Bertz CT molecular complexity index is 741. The maximum Gasteiger partial charge on any atom is 0.310 e. The molecular weight excluding hydrogens is 296 g/mol. The molecule has 0 bridgehead atoms. The van der Waals surface area contributed by atoms with Gasteiger partial charge in [-0.1, -0.05) is 6.08 Å². The number of hydrogen-bond donors (Lipinski definition) is 1. The molecule has 23 heavy (non-hydrogen) atoms. The molecule has 0 aromatic heterocycles. The zero-order valence-electron chi connectivity index (χ0n) is 12.6. The first kappa shape index (κ1) is 16.2. The van der Waals surface area contributed by atoms with Crippen LogP contribution >= 0.6 is 0 Å². The molecule has 1 N–H and O–H groups in total. The highest BCUT2D eigenvalue weighted by molar-refractivity contribution is 5.55. The zero-order chi connectivity index (χ0) is 16.8. The van der Waals surface area contributed by atoms with E-state index in [1.807, 2.05) is 42.3 Å². The van der Waals surface area contributed by atoms with Crippen molar-refractivity contribution < 1.29 is 10.0 Å². The number of nitrogens with zero attached hydrogens (tertiary/aromatic N) is 4. The molecule has 0 radical (unpaired) electrons. The first-order valence-electron chi connectivity index (χ1n) is 6.82. The third-order valence-corrected chi connectivity index (χ3v) is 3.13. The minimum Gasteiger partial charge on any atom is -0.502 e. The molecule has 0 atom stereocenters. The fourth-order valence-electron chi connectivity index (χ4n) is 1.92. The van der Waals surface area contributed by atoms with Crippen LogP contribution < -0.4 is 4.90 Å². The lowest BCUT2D eigenvalue weighted by atomic mass is 10.2. The number of rotatable bonds is 6. The summed E-state index contributed by atoms with van der Waals surface area (Å²) in [6.45, 7) is 4.43. The Morgan fingerprint density at radius 1 is 1.22 bits per heavy atom. The molecule has 0 aliphatic rings. The highest BCUT2D eigenvalue weighted by Crippen LogP contribution is 2.30. The van der Waals surface area contributed by atoms with E-state index in [0.717, 1.165) is 12.2 Å². The van der Waals surface area contributed by atoms with Crippen molar-refractivity contribution in [2.75, 3.05) is 18.5 Å². The van der Waals surface area contributed by atoms with Crippen molar-refractivity contribution in [3.05, 3.63) is 65.2 Å². The fraction of sp³-hybridized carbons (Fsp3) is 0.125. The van der Waals surface area contributed by atoms with Crippen molar-refractivity contribution in [3.63, 3.8) is 0 Å². The van der Waals surface area contributed by atoms with Gasteiger partial charge in [-0.2, -0.15) is 10.2 Å². The van der Waals surface area contributed by atoms with Gasteiger partial charge in [0, 0.05) is 31.4 Å². The van der Waals surface area contributed by atoms with Gasteiger partial charge in [0.15, 0.2) is 5.75 Å². The van der Waals surface area contributed by atoms with Crippen LogP contribution in [0.3, 0.4) is 0 Å². The van der Waals surface area contributed by atoms with Crippen molar-refractivity contribution in [2.45, 2.75) is 0 Å². The van der Waals surface area contributed by atoms with Gasteiger partial charge >= 0.3 is 5.69 Å². The minimum absolute atomic E-state index is 0.334. The highest BCUT2D eigenvalue weighted by Gasteiger charge is 2.12. The second kappa shape index (κ2) is 7.17. The van der Waals surface area contributed by atoms with Crippen LogP contribution in [0.4, 0.5) is 22.7 Å². The van der Waals surface area contributed by atoms with Crippen LogP contribution in [-0.2, 0) is 0 Å². The number of nitro groups is 1. The Balaban J connectivity index is 2.12. The van der Waals surface area contributed by atoms with Crippen molar-refractivity contribution in [1.82, 2.24) is 0 Å². The summed E-state index contributed by atoms with van der Waals surface area (Å²) in [5.74, 6) is -0.437. The number of phenolic OH excluding ortho intramolecular Hbond substituents is 1. The van der Waals surface area contributed by atoms with Crippen LogP contribution in [0.25, 0.3) is 0 Å². The lowest BCUT2D eigenvalue weighted by Crippen LogP contribution is -2.15. The van der Waals surface area contributed by atoms with Gasteiger partial charge in [0.05, 0.1) is 16.3 Å². The molecule has 0 aliphatic heterocycles. The topological polar surface area (TPSA) is 91.3 Å². The van der Waals surface area contributed by atoms with Gasteiger partial charge in [0.1, 0.15) is 0 Å². The molecule has 0 unspecified atom stereocenters. The summed E-state index contributed by atoms with van der Waals surface area (Å²) in [7, 11) is 1.96. The van der Waals surface area contributed by atoms with E-state index >= 15 is 0 Å². The van der Waals surface area contributed by atoms with Crippen LogP contribution in [0, 0.1) is 10.1 Å². The van der Waals surface area contributed by atoms with E-state index in [1.165, 1.54) is 18.2 Å². The molecule has 0 fully saturated rings. The lowest BCUT2D eigenvalue weighted by molar-refractivity contribution is -0.385. The number of aromatic hydroxyl groups is 1. The van der Waals surface area contributed by atoms with Crippen LogP contribution in [0.15, 0.2) is 65.3 Å². The maximum absolute atomic E-state index is 10.6. The molecule has 2 aromatic carbocycles. The third-order valence-electron chi connectivity index (χ3n) is 3.13. The van der Waals surface area contributed by atoms with E-state index in [-0.39, 0.29) is 5.69 Å². The Morgan fingerprint density at radius 3 is 2.39 bits per heavy atom. The zero-order valence-corrected chi connectivity index (χ0v) is 12.6. The van der Waals surface area contributed by atoms with Crippen LogP contribution in [0.1, 0.15) is 0 Å². The normalized spacial score (nSPS) is 10.7. The first-order chi connectivity index (χ1) is 11.0. The Kier molecular flexibility index (Phi) is 5.03. The van der Waals surface area contributed by atoms with E-state index in [1.54, 1.807) is 0 Å². The molecule has 0 saturated heterocycles. The first-order valence-corrected chi connectivity index (χ1v) is 6.82. The predicted octanol–water partition coefficient (Wildman–Crippen LogP) is 4.34. The quantitative estimate of drug-likeness (QED) is 0.372. The largest absolute Gasteiger partial charge is 0.502 e. The van der Waals surface area contributed by atoms with E-state index in [0.29, 0.717) is 11.4 Å². The van der Waals surface area contributed by atoms with Crippen LogP contribution in [0.5, 0.6) is 5.75 Å². The molecule has 0 aliphatic carbocycles. The van der Waals surface area contributed by atoms with Gasteiger partial charge < -0.3 is 10.0 Å². The van der Waals surface area contributed by atoms with Gasteiger partial charge in [-0.25, -0.2) is 0 Å². The Hall–Kier alpha value is -3.22. The number of nitro benzene ring substituents is 1. The molecule has 2 aromatic rings. The number of likely N-dealkylation sites (N-methyl/N-ethyl adjacent to an activating group) is 1. The number of azo groups is 1. The predicted molar refractivity (Wildman–Crippen MR) is 88.8 cm³/mol. The molecule has 0 heterocycles. The number of phenols is 1. The summed E-state index contributed by atoms with van der Waals surface area (Å²) >= 11 is 0.